The monoisotopic (exact) mass is 136 g/mol. The van der Waals surface area contributed by atoms with Crippen molar-refractivity contribution in [3.63, 3.8) is 0 Å². The van der Waals surface area contributed by atoms with Crippen LogP contribution in [-0.2, 0) is 0 Å². The molecule has 0 radical (unpaired) electrons. The standard InChI is InChI=1S/BH2O3.Ca.ClH/c2-1(3)4;;/h2-3H;;1H/q-1;+2;/p-1. The van der Waals surface area contributed by atoms with Gasteiger partial charge < -0.3 is 27.5 Å². The van der Waals surface area contributed by atoms with Crippen LogP contribution in [0.2, 0.25) is 0 Å². The van der Waals surface area contributed by atoms with E-state index in [0.29, 0.717) is 0 Å². The van der Waals surface area contributed by atoms with Gasteiger partial charge in [0.1, 0.15) is 0 Å². The molecule has 0 heterocycles. The molecule has 0 aromatic rings. The third kappa shape index (κ3) is 49.7. The first-order valence-corrected chi connectivity index (χ1v) is 0.752. The van der Waals surface area contributed by atoms with E-state index in [0.717, 1.165) is 0 Å². The van der Waals surface area contributed by atoms with Gasteiger partial charge in [0.2, 0.25) is 0 Å². The molecule has 2 N–H and O–H groups in total. The van der Waals surface area contributed by atoms with Crippen LogP contribution in [0.15, 0.2) is 0 Å². The molecule has 0 aliphatic heterocycles. The van der Waals surface area contributed by atoms with Crippen molar-refractivity contribution in [3.8, 4) is 0 Å². The molecule has 0 aliphatic rings. The van der Waals surface area contributed by atoms with Gasteiger partial charge in [-0.2, -0.15) is 0 Å². The molecule has 0 spiro atoms. The second kappa shape index (κ2) is 9.71. The molecule has 0 atom stereocenters. The van der Waals surface area contributed by atoms with Crippen LogP contribution in [0.5, 0.6) is 0 Å². The molecule has 0 amide bonds. The number of rotatable bonds is 0. The second-order valence-corrected chi connectivity index (χ2v) is 0.326. The van der Waals surface area contributed by atoms with E-state index >= 15 is 0 Å². The molecular weight excluding hydrogens is 134 g/mol. The minimum atomic E-state index is -2.42. The predicted molar refractivity (Wildman–Crippen MR) is 15.9 cm³/mol. The zero-order valence-electron chi connectivity index (χ0n) is 2.97. The molecule has 6 heavy (non-hydrogen) atoms. The summed E-state index contributed by atoms with van der Waals surface area (Å²) in [4.78, 5) is 0. The predicted octanol–water partition coefficient (Wildman–Crippen LogP) is -6.06. The maximum atomic E-state index is 8.64. The average molecular weight is 136 g/mol. The van der Waals surface area contributed by atoms with Gasteiger partial charge in [-0.15, -0.1) is 0 Å². The molecule has 0 saturated heterocycles. The van der Waals surface area contributed by atoms with Crippen molar-refractivity contribution in [2.75, 3.05) is 0 Å². The molecule has 3 nitrogen and oxygen atoms in total. The van der Waals surface area contributed by atoms with Gasteiger partial charge in [0.05, 0.1) is 0 Å². The zero-order chi connectivity index (χ0) is 3.58. The Morgan fingerprint density at radius 3 is 1.33 bits per heavy atom. The van der Waals surface area contributed by atoms with Crippen LogP contribution in [0.25, 0.3) is 0 Å². The van der Waals surface area contributed by atoms with E-state index in [9.17, 15) is 0 Å². The van der Waals surface area contributed by atoms with E-state index in [2.05, 4.69) is 0 Å². The van der Waals surface area contributed by atoms with Crippen molar-refractivity contribution in [2.24, 2.45) is 0 Å². The summed E-state index contributed by atoms with van der Waals surface area (Å²) >= 11 is 0. The molecule has 0 rings (SSSR count). The van der Waals surface area contributed by atoms with Gasteiger partial charge in [0.25, 0.3) is 0 Å². The Balaban J connectivity index is -0.0000000450. The van der Waals surface area contributed by atoms with Crippen LogP contribution in [-0.4, -0.2) is 55.1 Å². The molecule has 0 bridgehead atoms. The first-order valence-electron chi connectivity index (χ1n) is 0.752. The Morgan fingerprint density at radius 2 is 1.33 bits per heavy atom. The van der Waals surface area contributed by atoms with Gasteiger partial charge in [-0.1, -0.05) is 0 Å². The van der Waals surface area contributed by atoms with Crippen LogP contribution in [0.4, 0.5) is 0 Å². The van der Waals surface area contributed by atoms with Gasteiger partial charge in [-0.3, -0.25) is 0 Å². The number of halogens is 1. The minimum Gasteiger partial charge on any atom is -1.00 e. The minimum absolute atomic E-state index is 0. The molecule has 0 aromatic carbocycles. The summed E-state index contributed by atoms with van der Waals surface area (Å²) in [5.74, 6) is 0. The molecule has 0 aliphatic carbocycles. The molecule has 32 valence electrons. The van der Waals surface area contributed by atoms with Crippen LogP contribution >= 0.6 is 0 Å². The van der Waals surface area contributed by atoms with Gasteiger partial charge in [0.15, 0.2) is 0 Å². The van der Waals surface area contributed by atoms with Crippen molar-refractivity contribution < 1.29 is 27.5 Å². The van der Waals surface area contributed by atoms with Crippen molar-refractivity contribution in [2.45, 2.75) is 0 Å². The Morgan fingerprint density at radius 1 is 1.33 bits per heavy atom. The van der Waals surface area contributed by atoms with Gasteiger partial charge in [-0.25, -0.2) is 0 Å². The largest absolute Gasteiger partial charge is 2.00 e. The van der Waals surface area contributed by atoms with E-state index in [1.54, 1.807) is 0 Å². The Labute approximate surface area is 72.0 Å². The summed E-state index contributed by atoms with van der Waals surface area (Å²) in [6.45, 7) is 0. The second-order valence-electron chi connectivity index (χ2n) is 0.326. The summed E-state index contributed by atoms with van der Waals surface area (Å²) in [5.41, 5.74) is 0. The molecule has 0 saturated carbocycles. The van der Waals surface area contributed by atoms with Crippen LogP contribution in [0.3, 0.4) is 0 Å². The van der Waals surface area contributed by atoms with Crippen molar-refractivity contribution >= 4 is 45.1 Å². The van der Waals surface area contributed by atoms with Crippen LogP contribution in [0, 0.1) is 0 Å². The van der Waals surface area contributed by atoms with E-state index in [4.69, 9.17) is 15.1 Å². The normalized spacial score (nSPS) is 4.50. The Hall–Kier alpha value is 1.49. The molecule has 6 heteroatoms. The fraction of sp³-hybridized carbons (Fsp3) is 0. The summed E-state index contributed by atoms with van der Waals surface area (Å²) in [5, 5.41) is 22.8. The van der Waals surface area contributed by atoms with Gasteiger partial charge >= 0.3 is 45.1 Å². The molecular formula is H2BCaClO3. The summed E-state index contributed by atoms with van der Waals surface area (Å²) in [6, 6.07) is 0. The number of hydrogen-bond acceptors (Lipinski definition) is 3. The first kappa shape index (κ1) is 15.6. The summed E-state index contributed by atoms with van der Waals surface area (Å²) in [7, 11) is -2.42. The zero-order valence-corrected chi connectivity index (χ0v) is 5.93. The van der Waals surface area contributed by atoms with Crippen molar-refractivity contribution in [1.82, 2.24) is 0 Å². The Bertz CT molecular complexity index is 15.5. The van der Waals surface area contributed by atoms with Gasteiger partial charge in [-0.05, 0) is 0 Å². The summed E-state index contributed by atoms with van der Waals surface area (Å²) in [6.07, 6.45) is 0. The van der Waals surface area contributed by atoms with Crippen molar-refractivity contribution in [1.29, 1.82) is 0 Å². The van der Waals surface area contributed by atoms with E-state index in [-0.39, 0.29) is 50.1 Å². The maximum absolute atomic E-state index is 8.64. The van der Waals surface area contributed by atoms with Gasteiger partial charge in [0, 0.05) is 0 Å². The average Bonchev–Trinajstić information content (AvgIpc) is 0.811. The SMILES string of the molecule is [Ca+2].[Cl-].[O-]B(O)O. The van der Waals surface area contributed by atoms with E-state index < -0.39 is 7.32 Å². The molecule has 0 aromatic heterocycles. The third-order valence-electron chi connectivity index (χ3n) is 0. The fourth-order valence-electron chi connectivity index (χ4n) is 0. The van der Waals surface area contributed by atoms with E-state index in [1.807, 2.05) is 0 Å². The topological polar surface area (TPSA) is 63.5 Å². The van der Waals surface area contributed by atoms with Crippen molar-refractivity contribution in [3.05, 3.63) is 0 Å². The molecule has 0 fully saturated rings. The first-order chi connectivity index (χ1) is 1.73. The smallest absolute Gasteiger partial charge is 1.00 e. The maximum Gasteiger partial charge on any atom is 2.00 e. The number of hydrogen-bond donors (Lipinski definition) is 2. The van der Waals surface area contributed by atoms with E-state index in [1.165, 1.54) is 0 Å². The van der Waals surface area contributed by atoms with Crippen LogP contribution in [0.1, 0.15) is 0 Å². The fourth-order valence-corrected chi connectivity index (χ4v) is 0. The quantitative estimate of drug-likeness (QED) is 0.326. The summed E-state index contributed by atoms with van der Waals surface area (Å²) < 4.78 is 0. The third-order valence-corrected chi connectivity index (χ3v) is 0. The Kier molecular flexibility index (Phi) is 25.3. The van der Waals surface area contributed by atoms with Crippen LogP contribution < -0.4 is 17.4 Å². The molecule has 0 unspecified atom stereocenters.